The maximum Gasteiger partial charge on any atom is 0.295 e. The predicted molar refractivity (Wildman–Crippen MR) is 227 cm³/mol. The third-order valence-corrected chi connectivity index (χ3v) is 11.2. The molecule has 0 radical (unpaired) electrons. The highest BCUT2D eigenvalue weighted by molar-refractivity contribution is 7.86. The van der Waals surface area contributed by atoms with Gasteiger partial charge in [-0.3, -0.25) is 18.2 Å². The van der Waals surface area contributed by atoms with Gasteiger partial charge in [0.1, 0.15) is 9.79 Å². The van der Waals surface area contributed by atoms with Crippen molar-refractivity contribution in [2.75, 3.05) is 82.8 Å². The normalized spacial score (nSPS) is 13.4. The maximum atomic E-state index is 12.6. The van der Waals surface area contributed by atoms with Crippen LogP contribution in [-0.4, -0.2) is 143 Å². The van der Waals surface area contributed by atoms with Gasteiger partial charge in [-0.15, -0.1) is 0 Å². The van der Waals surface area contributed by atoms with Crippen LogP contribution in [0.15, 0.2) is 46.2 Å². The van der Waals surface area contributed by atoms with Crippen molar-refractivity contribution >= 4 is 99.7 Å². The molecule has 4 rings (SSSR count). The molecule has 340 valence electrons. The third-order valence-electron chi connectivity index (χ3n) is 7.94. The van der Waals surface area contributed by atoms with E-state index >= 15 is 0 Å². The van der Waals surface area contributed by atoms with Crippen molar-refractivity contribution in [2.24, 2.45) is 11.8 Å². The predicted octanol–water partition coefficient (Wildman–Crippen LogP) is 0.888. The molecule has 30 heteroatoms. The summed E-state index contributed by atoms with van der Waals surface area (Å²) in [5.74, 6) is -2.53. The highest BCUT2D eigenvalue weighted by Gasteiger charge is 2.20. The first-order valence-corrected chi connectivity index (χ1v) is 24.1. The Morgan fingerprint density at radius 1 is 0.516 bits per heavy atom. The first-order chi connectivity index (χ1) is 28.9. The van der Waals surface area contributed by atoms with E-state index in [1.165, 1.54) is 24.3 Å². The Morgan fingerprint density at radius 3 is 1.15 bits per heavy atom. The van der Waals surface area contributed by atoms with E-state index in [-0.39, 0.29) is 109 Å². The Hall–Kier alpha value is -5.44. The van der Waals surface area contributed by atoms with Crippen LogP contribution in [-0.2, 0) is 40.5 Å². The van der Waals surface area contributed by atoms with Crippen LogP contribution >= 0.6 is 0 Å². The highest BCUT2D eigenvalue weighted by Crippen LogP contribution is 2.28. The molecule has 2 heterocycles. The lowest BCUT2D eigenvalue weighted by Gasteiger charge is -2.14. The van der Waals surface area contributed by atoms with E-state index in [1.54, 1.807) is 13.8 Å². The number of aromatic nitrogens is 6. The van der Waals surface area contributed by atoms with Crippen molar-refractivity contribution < 1.29 is 62.1 Å². The molecule has 2 atom stereocenters. The number of benzene rings is 2. The molecule has 0 spiro atoms. The van der Waals surface area contributed by atoms with Crippen molar-refractivity contribution in [2.45, 2.75) is 23.6 Å². The number of rotatable bonds is 24. The van der Waals surface area contributed by atoms with Crippen molar-refractivity contribution in [3.05, 3.63) is 47.5 Å². The summed E-state index contributed by atoms with van der Waals surface area (Å²) >= 11 is 0. The van der Waals surface area contributed by atoms with Gasteiger partial charge in [0.2, 0.25) is 35.7 Å². The van der Waals surface area contributed by atoms with Crippen LogP contribution in [0.5, 0.6) is 0 Å². The largest absolute Gasteiger partial charge is 0.396 e. The van der Waals surface area contributed by atoms with Crippen LogP contribution < -0.4 is 31.9 Å². The van der Waals surface area contributed by atoms with E-state index in [0.29, 0.717) is 0 Å². The van der Waals surface area contributed by atoms with Gasteiger partial charge in [0.15, 0.2) is 0 Å². The van der Waals surface area contributed by atoms with E-state index in [9.17, 15) is 53.0 Å². The summed E-state index contributed by atoms with van der Waals surface area (Å²) in [4.78, 5) is 23.6. The fourth-order valence-corrected chi connectivity index (χ4v) is 6.95. The van der Waals surface area contributed by atoms with Crippen LogP contribution in [0.1, 0.15) is 25.0 Å². The summed E-state index contributed by atoms with van der Waals surface area (Å²) in [5, 5.41) is 35.2. The van der Waals surface area contributed by atoms with E-state index < -0.39 is 61.8 Å². The Bertz CT molecular complexity index is 2510. The second-order valence-corrected chi connectivity index (χ2v) is 19.3. The Morgan fingerprint density at radius 2 is 0.839 bits per heavy atom. The van der Waals surface area contributed by atoms with E-state index in [4.69, 9.17) is 9.11 Å². The Labute approximate surface area is 356 Å². The molecule has 2 aromatic carbocycles. The topological polar surface area (TPSA) is 407 Å². The van der Waals surface area contributed by atoms with Gasteiger partial charge in [-0.25, -0.2) is 0 Å². The molecule has 4 aromatic rings. The van der Waals surface area contributed by atoms with Crippen LogP contribution in [0.3, 0.4) is 0 Å². The monoisotopic (exact) mass is 948 g/mol. The van der Waals surface area contributed by atoms with Gasteiger partial charge in [0.05, 0.1) is 11.5 Å². The van der Waals surface area contributed by atoms with Gasteiger partial charge in [0, 0.05) is 50.8 Å². The summed E-state index contributed by atoms with van der Waals surface area (Å²) in [6.07, 6.45) is 2.30. The second kappa shape index (κ2) is 21.1. The van der Waals surface area contributed by atoms with Crippen LogP contribution in [0, 0.1) is 11.8 Å². The second-order valence-electron chi connectivity index (χ2n) is 13.4. The van der Waals surface area contributed by atoms with E-state index in [1.807, 2.05) is 0 Å². The molecule has 26 nitrogen and oxygen atoms in total. The maximum absolute atomic E-state index is 12.6. The number of hydrogen-bond donors (Lipinski definition) is 12. The molecule has 2 unspecified atom stereocenters. The van der Waals surface area contributed by atoms with Crippen molar-refractivity contribution in [3.8, 4) is 0 Å². The number of nitrogens with one attached hydrogen (secondary N) is 6. The molecule has 0 saturated carbocycles. The zero-order valence-electron chi connectivity index (χ0n) is 32.7. The van der Waals surface area contributed by atoms with Gasteiger partial charge >= 0.3 is 0 Å². The number of hydrogen-bond acceptors (Lipinski definition) is 22. The van der Waals surface area contributed by atoms with E-state index in [0.717, 1.165) is 24.3 Å². The lowest BCUT2D eigenvalue weighted by molar-refractivity contribution is 0.244. The molecule has 0 aliphatic rings. The summed E-state index contributed by atoms with van der Waals surface area (Å²) in [5.41, 5.74) is -0.241. The average Bonchev–Trinajstić information content (AvgIpc) is 3.17. The molecule has 2 aromatic heterocycles. The first kappa shape index (κ1) is 49.2. The number of nitrogens with zero attached hydrogens (tertiary/aromatic N) is 6. The summed E-state index contributed by atoms with van der Waals surface area (Å²) < 4.78 is 133. The van der Waals surface area contributed by atoms with Gasteiger partial charge in [-0.2, -0.15) is 63.6 Å². The number of anilines is 8. The van der Waals surface area contributed by atoms with Gasteiger partial charge in [0.25, 0.3) is 40.5 Å². The molecular formula is C32H44N12O14S4. The molecular weight excluding hydrogens is 905 g/mol. The van der Waals surface area contributed by atoms with Crippen molar-refractivity contribution in [1.29, 1.82) is 0 Å². The van der Waals surface area contributed by atoms with Gasteiger partial charge in [-0.05, 0) is 47.2 Å². The lowest BCUT2D eigenvalue weighted by Crippen LogP contribution is -2.19. The fourth-order valence-electron chi connectivity index (χ4n) is 4.81. The summed E-state index contributed by atoms with van der Waals surface area (Å²) in [7, 11) is -18.6. The fraction of sp³-hybridized carbons (Fsp3) is 0.375. The molecule has 0 fully saturated rings. The van der Waals surface area contributed by atoms with Crippen LogP contribution in [0.25, 0.3) is 12.2 Å². The minimum absolute atomic E-state index is 0.0185. The standard InChI is InChI=1S/C32H44N12O14S4/c1-19(17-45)15-35-29-39-27(33-9-11-59(47,48)49)41-31(43-29)37-23-7-5-21(25(13-23)61(53,54)55)3-4-22-6-8-24(14-26(22)62(56,57)58)38-32-42-28(34-10-12-60(50,51)52)40-30(44-32)36-16-20(2)18-46/h3-8,13-14,19-20,45-46H,9-12,15-18H2,1-2H3,(H,47,48,49)(H,50,51,52)(H,53,54,55)(H,56,57,58)(H3,33,35,37,39,41,43)(H3,34,36,38,40,42,44)/b4-3+. The molecule has 0 bridgehead atoms. The minimum Gasteiger partial charge on any atom is -0.396 e. The lowest BCUT2D eigenvalue weighted by atomic mass is 10.1. The summed E-state index contributed by atoms with van der Waals surface area (Å²) in [6.45, 7) is 2.96. The van der Waals surface area contributed by atoms with Crippen LogP contribution in [0.4, 0.5) is 47.1 Å². The molecule has 0 aliphatic heterocycles. The summed E-state index contributed by atoms with van der Waals surface area (Å²) in [6, 6.07) is 7.22. The van der Waals surface area contributed by atoms with Gasteiger partial charge in [-0.1, -0.05) is 38.1 Å². The highest BCUT2D eigenvalue weighted by atomic mass is 32.2. The Balaban J connectivity index is 1.64. The molecule has 12 N–H and O–H groups in total. The van der Waals surface area contributed by atoms with Crippen molar-refractivity contribution in [1.82, 2.24) is 29.9 Å². The van der Waals surface area contributed by atoms with Gasteiger partial charge < -0.3 is 42.1 Å². The number of aliphatic hydroxyl groups is 2. The van der Waals surface area contributed by atoms with Crippen molar-refractivity contribution in [3.63, 3.8) is 0 Å². The third kappa shape index (κ3) is 16.4. The molecule has 0 amide bonds. The van der Waals surface area contributed by atoms with Crippen LogP contribution in [0.2, 0.25) is 0 Å². The SMILES string of the molecule is CC(CO)CNc1nc(NCCS(=O)(=O)O)nc(Nc2ccc(/C=C/c3ccc(Nc4nc(NCCS(=O)(=O)O)nc(NCC(C)CO)n4)cc3S(=O)(=O)O)c(S(=O)(=O)O)c2)n1. The zero-order valence-corrected chi connectivity index (χ0v) is 36.0. The minimum atomic E-state index is -4.96. The van der Waals surface area contributed by atoms with E-state index in [2.05, 4.69) is 61.8 Å². The first-order valence-electron chi connectivity index (χ1n) is 18.0. The molecule has 0 aliphatic carbocycles. The quantitative estimate of drug-likeness (QED) is 0.0343. The molecule has 0 saturated heterocycles. The number of aliphatic hydroxyl groups excluding tert-OH is 2. The Kier molecular flexibility index (Phi) is 16.7. The zero-order chi connectivity index (χ0) is 45.9. The molecule has 62 heavy (non-hydrogen) atoms. The average molecular weight is 949 g/mol. The smallest absolute Gasteiger partial charge is 0.295 e.